The molecule has 0 aliphatic carbocycles. The van der Waals surface area contributed by atoms with Gasteiger partial charge in [0.25, 0.3) is 0 Å². The fraction of sp³-hybridized carbons (Fsp3) is 0.917. The molecule has 0 aromatic heterocycles. The van der Waals surface area contributed by atoms with Crippen molar-refractivity contribution in [1.29, 1.82) is 0 Å². The van der Waals surface area contributed by atoms with Crippen molar-refractivity contribution in [3.63, 3.8) is 0 Å². The number of thioether (sulfide) groups is 1. The van der Waals surface area contributed by atoms with Crippen LogP contribution in [0.15, 0.2) is 0 Å². The minimum atomic E-state index is -0.211. The minimum Gasteiger partial charge on any atom is -0.355 e. The molecular weight excluding hydrogens is 220 g/mol. The van der Waals surface area contributed by atoms with Crippen LogP contribution in [0.2, 0.25) is 0 Å². The van der Waals surface area contributed by atoms with Crippen molar-refractivity contribution in [3.05, 3.63) is 0 Å². The van der Waals surface area contributed by atoms with Crippen molar-refractivity contribution >= 4 is 17.7 Å². The minimum absolute atomic E-state index is 0.0185. The monoisotopic (exact) mass is 246 g/mol. The molecule has 16 heavy (non-hydrogen) atoms. The molecule has 0 fully saturated rings. The summed E-state index contributed by atoms with van der Waals surface area (Å²) in [7, 11) is 0. The molecule has 0 spiro atoms. The van der Waals surface area contributed by atoms with Gasteiger partial charge in [-0.3, -0.25) is 4.79 Å². The smallest absolute Gasteiger partial charge is 0.232 e. The van der Waals surface area contributed by atoms with Gasteiger partial charge in [0.05, 0.1) is 5.25 Å². The summed E-state index contributed by atoms with van der Waals surface area (Å²) in [5, 5.41) is 2.93. The average Bonchev–Trinajstić information content (AvgIpc) is 2.12. The summed E-state index contributed by atoms with van der Waals surface area (Å²) >= 11 is 1.61. The highest BCUT2D eigenvalue weighted by molar-refractivity contribution is 8.00. The van der Waals surface area contributed by atoms with Crippen molar-refractivity contribution in [2.24, 2.45) is 11.7 Å². The van der Waals surface area contributed by atoms with Crippen LogP contribution < -0.4 is 11.1 Å². The zero-order valence-electron chi connectivity index (χ0n) is 11.2. The van der Waals surface area contributed by atoms with E-state index in [1.807, 2.05) is 20.8 Å². The lowest BCUT2D eigenvalue weighted by atomic mass is 10.1. The van der Waals surface area contributed by atoms with E-state index in [1.54, 1.807) is 11.8 Å². The van der Waals surface area contributed by atoms with Gasteiger partial charge < -0.3 is 11.1 Å². The molecule has 96 valence electrons. The summed E-state index contributed by atoms with van der Waals surface area (Å²) in [4.78, 5) is 11.7. The Balaban J connectivity index is 3.74. The molecule has 0 saturated heterocycles. The van der Waals surface area contributed by atoms with E-state index in [9.17, 15) is 4.79 Å². The van der Waals surface area contributed by atoms with E-state index in [1.165, 1.54) is 0 Å². The molecule has 0 radical (unpaired) electrons. The highest BCUT2D eigenvalue weighted by Crippen LogP contribution is 2.15. The zero-order valence-corrected chi connectivity index (χ0v) is 12.0. The SMILES string of the molecule is CC(C)CCNC(=O)C(C)SCC(C)(C)N. The van der Waals surface area contributed by atoms with Crippen molar-refractivity contribution in [3.8, 4) is 0 Å². The maximum absolute atomic E-state index is 11.7. The Morgan fingerprint density at radius 2 is 1.94 bits per heavy atom. The molecule has 1 amide bonds. The lowest BCUT2D eigenvalue weighted by Gasteiger charge is -2.20. The van der Waals surface area contributed by atoms with Crippen LogP contribution >= 0.6 is 11.8 Å². The van der Waals surface area contributed by atoms with Gasteiger partial charge in [-0.05, 0) is 33.1 Å². The number of nitrogens with one attached hydrogen (secondary N) is 1. The lowest BCUT2D eigenvalue weighted by Crippen LogP contribution is -2.38. The van der Waals surface area contributed by atoms with Crippen LogP contribution in [0.25, 0.3) is 0 Å². The molecule has 3 N–H and O–H groups in total. The summed E-state index contributed by atoms with van der Waals surface area (Å²) in [6.45, 7) is 11.0. The number of carbonyl (C=O) groups is 1. The molecule has 0 saturated carbocycles. The molecule has 0 bridgehead atoms. The normalized spacial score (nSPS) is 13.9. The topological polar surface area (TPSA) is 55.1 Å². The first-order valence-corrected chi connectivity index (χ1v) is 6.95. The standard InChI is InChI=1S/C12H26N2OS/c1-9(2)6-7-14-11(15)10(3)16-8-12(4,5)13/h9-10H,6-8,13H2,1-5H3,(H,14,15). The molecule has 0 heterocycles. The summed E-state index contributed by atoms with van der Waals surface area (Å²) in [6.07, 6.45) is 1.03. The summed E-state index contributed by atoms with van der Waals surface area (Å²) < 4.78 is 0. The third-order valence-corrected chi connectivity index (χ3v) is 3.72. The predicted octanol–water partition coefficient (Wildman–Crippen LogP) is 2.01. The van der Waals surface area contributed by atoms with Gasteiger partial charge in [0.2, 0.25) is 5.91 Å². The van der Waals surface area contributed by atoms with Gasteiger partial charge in [0.1, 0.15) is 0 Å². The average molecular weight is 246 g/mol. The molecule has 1 atom stereocenters. The van der Waals surface area contributed by atoms with E-state index >= 15 is 0 Å². The Morgan fingerprint density at radius 1 is 1.38 bits per heavy atom. The van der Waals surface area contributed by atoms with Gasteiger partial charge in [-0.2, -0.15) is 0 Å². The quantitative estimate of drug-likeness (QED) is 0.722. The second-order valence-corrected chi connectivity index (χ2v) is 6.74. The Morgan fingerprint density at radius 3 is 2.38 bits per heavy atom. The number of hydrogen-bond acceptors (Lipinski definition) is 3. The fourth-order valence-electron chi connectivity index (χ4n) is 1.04. The fourth-order valence-corrected chi connectivity index (χ4v) is 1.96. The number of nitrogens with two attached hydrogens (primary N) is 1. The molecular formula is C12H26N2OS. The van der Waals surface area contributed by atoms with Gasteiger partial charge in [-0.1, -0.05) is 13.8 Å². The molecule has 1 unspecified atom stereocenters. The van der Waals surface area contributed by atoms with Crippen molar-refractivity contribution in [2.75, 3.05) is 12.3 Å². The van der Waals surface area contributed by atoms with Crippen molar-refractivity contribution in [1.82, 2.24) is 5.32 Å². The van der Waals surface area contributed by atoms with Crippen LogP contribution in [0.3, 0.4) is 0 Å². The van der Waals surface area contributed by atoms with Crippen LogP contribution in [0.4, 0.5) is 0 Å². The lowest BCUT2D eigenvalue weighted by molar-refractivity contribution is -0.120. The van der Waals surface area contributed by atoms with Gasteiger partial charge in [0.15, 0.2) is 0 Å². The first-order chi connectivity index (χ1) is 7.22. The Bertz CT molecular complexity index is 212. The molecule has 4 heteroatoms. The van der Waals surface area contributed by atoms with Crippen LogP contribution in [0, 0.1) is 5.92 Å². The molecule has 0 aromatic carbocycles. The summed E-state index contributed by atoms with van der Waals surface area (Å²) in [6, 6.07) is 0. The van der Waals surface area contributed by atoms with Crippen LogP contribution in [0.5, 0.6) is 0 Å². The van der Waals surface area contributed by atoms with Crippen molar-refractivity contribution in [2.45, 2.75) is 51.8 Å². The highest BCUT2D eigenvalue weighted by atomic mass is 32.2. The first kappa shape index (κ1) is 15.8. The van der Waals surface area contributed by atoms with Gasteiger partial charge in [-0.15, -0.1) is 11.8 Å². The summed E-state index contributed by atoms with van der Waals surface area (Å²) in [5.41, 5.74) is 5.66. The number of rotatable bonds is 7. The van der Waals surface area contributed by atoms with E-state index in [4.69, 9.17) is 5.73 Å². The number of amides is 1. The van der Waals surface area contributed by atoms with E-state index in [0.29, 0.717) is 5.92 Å². The largest absolute Gasteiger partial charge is 0.355 e. The summed E-state index contributed by atoms with van der Waals surface area (Å²) in [5.74, 6) is 1.55. The van der Waals surface area contributed by atoms with E-state index in [2.05, 4.69) is 19.2 Å². The first-order valence-electron chi connectivity index (χ1n) is 5.90. The number of carbonyl (C=O) groups excluding carboxylic acids is 1. The molecule has 0 aromatic rings. The number of hydrogen-bond donors (Lipinski definition) is 2. The van der Waals surface area contributed by atoms with Gasteiger partial charge >= 0.3 is 0 Å². The third kappa shape index (κ3) is 9.04. The molecule has 0 rings (SSSR count). The van der Waals surface area contributed by atoms with E-state index in [-0.39, 0.29) is 16.7 Å². The van der Waals surface area contributed by atoms with Crippen LogP contribution in [-0.2, 0) is 4.79 Å². The van der Waals surface area contributed by atoms with Gasteiger partial charge in [-0.25, -0.2) is 0 Å². The second kappa shape index (κ2) is 7.17. The maximum Gasteiger partial charge on any atom is 0.232 e. The Kier molecular flexibility index (Phi) is 7.07. The van der Waals surface area contributed by atoms with E-state index < -0.39 is 0 Å². The molecule has 0 aliphatic heterocycles. The third-order valence-electron chi connectivity index (χ3n) is 2.10. The molecule has 3 nitrogen and oxygen atoms in total. The van der Waals surface area contributed by atoms with E-state index in [0.717, 1.165) is 18.7 Å². The predicted molar refractivity (Wildman–Crippen MR) is 72.7 cm³/mol. The van der Waals surface area contributed by atoms with Crippen molar-refractivity contribution < 1.29 is 4.79 Å². The highest BCUT2D eigenvalue weighted by Gasteiger charge is 2.17. The van der Waals surface area contributed by atoms with Crippen LogP contribution in [-0.4, -0.2) is 29.0 Å². The second-order valence-electron chi connectivity index (χ2n) is 5.42. The van der Waals surface area contributed by atoms with Gasteiger partial charge in [0, 0.05) is 17.8 Å². The zero-order chi connectivity index (χ0) is 12.8. The Hall–Kier alpha value is -0.220. The van der Waals surface area contributed by atoms with Crippen LogP contribution in [0.1, 0.15) is 41.0 Å². The maximum atomic E-state index is 11.7. The molecule has 0 aliphatic rings. The Labute approximate surface area is 104 Å².